The molecule has 1 spiro atoms. The highest BCUT2D eigenvalue weighted by Gasteiger charge is 2.66. The Balaban J connectivity index is 2.03. The summed E-state index contributed by atoms with van der Waals surface area (Å²) in [6, 6.07) is 0. The molecule has 0 unspecified atom stereocenters. The quantitative estimate of drug-likeness (QED) is 0.604. The lowest BCUT2D eigenvalue weighted by Crippen LogP contribution is -2.63. The predicted molar refractivity (Wildman–Crippen MR) is 97.1 cm³/mol. The molecule has 2 aliphatic carbocycles. The summed E-state index contributed by atoms with van der Waals surface area (Å²) in [5.74, 6) is -0.0550. The summed E-state index contributed by atoms with van der Waals surface area (Å²) in [6.45, 7) is 11.0. The van der Waals surface area contributed by atoms with Gasteiger partial charge < -0.3 is 14.6 Å². The van der Waals surface area contributed by atoms with Crippen molar-refractivity contribution >= 4 is 5.97 Å². The molecule has 5 atom stereocenters. The fourth-order valence-corrected chi connectivity index (χ4v) is 6.46. The number of methoxy groups -OCH3 is 1. The van der Waals surface area contributed by atoms with Crippen molar-refractivity contribution in [3.05, 3.63) is 11.6 Å². The average Bonchev–Trinajstić information content (AvgIpc) is 2.84. The highest BCUT2D eigenvalue weighted by atomic mass is 16.5. The summed E-state index contributed by atoms with van der Waals surface area (Å²) < 4.78 is 11.7. The van der Waals surface area contributed by atoms with Crippen LogP contribution in [0.4, 0.5) is 0 Å². The van der Waals surface area contributed by atoms with E-state index in [1.54, 1.807) is 0 Å². The third-order valence-corrected chi connectivity index (χ3v) is 7.54. The van der Waals surface area contributed by atoms with Gasteiger partial charge in [0.2, 0.25) is 0 Å². The fraction of sp³-hybridized carbons (Fsp3) is 0.857. The van der Waals surface area contributed by atoms with Gasteiger partial charge in [0.15, 0.2) is 0 Å². The Labute approximate surface area is 152 Å². The molecule has 1 saturated heterocycles. The molecule has 1 N–H and O–H groups in total. The Morgan fingerprint density at radius 3 is 2.56 bits per heavy atom. The van der Waals surface area contributed by atoms with Crippen LogP contribution in [-0.4, -0.2) is 35.5 Å². The molecule has 1 heterocycles. The zero-order valence-electron chi connectivity index (χ0n) is 16.6. The van der Waals surface area contributed by atoms with Gasteiger partial charge in [-0.15, -0.1) is 0 Å². The van der Waals surface area contributed by atoms with Gasteiger partial charge in [-0.1, -0.05) is 33.3 Å². The molecule has 0 amide bonds. The minimum atomic E-state index is -0.500. The van der Waals surface area contributed by atoms with Gasteiger partial charge in [-0.3, -0.25) is 4.79 Å². The van der Waals surface area contributed by atoms with Gasteiger partial charge in [0.1, 0.15) is 0 Å². The number of fused-ring (bicyclic) bond motifs is 2. The molecule has 0 aromatic carbocycles. The second-order valence-corrected chi connectivity index (χ2v) is 9.71. The van der Waals surface area contributed by atoms with Gasteiger partial charge in [0.25, 0.3) is 0 Å². The van der Waals surface area contributed by atoms with Crippen LogP contribution >= 0.6 is 0 Å². The monoisotopic (exact) mass is 350 g/mol. The van der Waals surface area contributed by atoms with Gasteiger partial charge in [-0.05, 0) is 50.5 Å². The van der Waals surface area contributed by atoms with Crippen molar-refractivity contribution in [3.8, 4) is 0 Å². The third kappa shape index (κ3) is 2.68. The molecular formula is C21H34O4. The number of carbonyl (C=O) groups excluding carboxylic acids is 1. The van der Waals surface area contributed by atoms with E-state index in [-0.39, 0.29) is 29.1 Å². The number of hydrogen-bond acceptors (Lipinski definition) is 4. The van der Waals surface area contributed by atoms with Gasteiger partial charge in [0.05, 0.1) is 30.8 Å². The van der Waals surface area contributed by atoms with Crippen LogP contribution in [0.2, 0.25) is 0 Å². The molecule has 25 heavy (non-hydrogen) atoms. The van der Waals surface area contributed by atoms with Crippen LogP contribution in [0.15, 0.2) is 11.6 Å². The van der Waals surface area contributed by atoms with Crippen molar-refractivity contribution in [2.24, 2.45) is 16.7 Å². The minimum Gasteiger partial charge on any atom is -0.469 e. The topological polar surface area (TPSA) is 55.8 Å². The zero-order valence-corrected chi connectivity index (χ0v) is 16.6. The highest BCUT2D eigenvalue weighted by Crippen LogP contribution is 2.66. The summed E-state index contributed by atoms with van der Waals surface area (Å²) in [4.78, 5) is 11.9. The predicted octanol–water partition coefficient (Wildman–Crippen LogP) is 4.01. The summed E-state index contributed by atoms with van der Waals surface area (Å²) in [7, 11) is 1.43. The molecule has 2 fully saturated rings. The van der Waals surface area contributed by atoms with Crippen molar-refractivity contribution in [3.63, 3.8) is 0 Å². The van der Waals surface area contributed by atoms with Crippen LogP contribution in [0.3, 0.4) is 0 Å². The minimum absolute atomic E-state index is 0.0708. The Morgan fingerprint density at radius 2 is 1.92 bits per heavy atom. The molecule has 0 radical (unpaired) electrons. The zero-order chi connectivity index (χ0) is 18.7. The number of rotatable bonds is 2. The van der Waals surface area contributed by atoms with Crippen LogP contribution < -0.4 is 0 Å². The smallest absolute Gasteiger partial charge is 0.308 e. The van der Waals surface area contributed by atoms with E-state index >= 15 is 0 Å². The van der Waals surface area contributed by atoms with Gasteiger partial charge >= 0.3 is 5.97 Å². The second kappa shape index (κ2) is 5.82. The van der Waals surface area contributed by atoms with Crippen molar-refractivity contribution < 1.29 is 19.4 Å². The lowest BCUT2D eigenvalue weighted by molar-refractivity contribution is -0.209. The fourth-order valence-electron chi connectivity index (χ4n) is 6.46. The number of aliphatic hydroxyl groups is 1. The van der Waals surface area contributed by atoms with E-state index in [0.717, 1.165) is 37.7 Å². The second-order valence-electron chi connectivity index (χ2n) is 9.71. The standard InChI is InChI=1S/C21H34O4/c1-14-12-15(22)17-18(2,3)8-7-9-20(17,5)21(14)11-10-19(4,25-21)13-16(23)24-6/h12,15,17,22H,7-11,13H2,1-6H3/t15-,17-,19-,20-,21+/m0/s1. The summed E-state index contributed by atoms with van der Waals surface area (Å²) in [5.41, 5.74) is 0.184. The van der Waals surface area contributed by atoms with Crippen LogP contribution in [0.5, 0.6) is 0 Å². The number of hydrogen-bond donors (Lipinski definition) is 1. The van der Waals surface area contributed by atoms with E-state index in [4.69, 9.17) is 9.47 Å². The molecule has 3 aliphatic rings. The largest absolute Gasteiger partial charge is 0.469 e. The Kier molecular flexibility index (Phi) is 4.40. The van der Waals surface area contributed by atoms with E-state index < -0.39 is 17.3 Å². The van der Waals surface area contributed by atoms with E-state index in [1.165, 1.54) is 7.11 Å². The molecule has 4 heteroatoms. The van der Waals surface area contributed by atoms with Gasteiger partial charge in [-0.25, -0.2) is 0 Å². The van der Waals surface area contributed by atoms with E-state index in [0.29, 0.717) is 0 Å². The maximum atomic E-state index is 11.9. The van der Waals surface area contributed by atoms with Crippen molar-refractivity contribution in [2.75, 3.05) is 7.11 Å². The first kappa shape index (κ1) is 18.9. The molecule has 1 saturated carbocycles. The van der Waals surface area contributed by atoms with Crippen LogP contribution in [0, 0.1) is 16.7 Å². The van der Waals surface area contributed by atoms with E-state index in [9.17, 15) is 9.90 Å². The Hall–Kier alpha value is -0.870. The molecular weight excluding hydrogens is 316 g/mol. The number of carbonyl (C=O) groups is 1. The lowest BCUT2D eigenvalue weighted by atomic mass is 9.46. The van der Waals surface area contributed by atoms with E-state index in [1.807, 2.05) is 13.0 Å². The molecule has 0 aromatic heterocycles. The summed E-state index contributed by atoms with van der Waals surface area (Å²) in [6.07, 6.45) is 6.95. The summed E-state index contributed by atoms with van der Waals surface area (Å²) in [5, 5.41) is 10.9. The SMILES string of the molecule is COC(=O)C[C@]1(C)CC[C@@]2(O1)C(C)=C[C@H](O)[C@H]1C(C)(C)CCC[C@@]12C. The Morgan fingerprint density at radius 1 is 1.24 bits per heavy atom. The van der Waals surface area contributed by atoms with Crippen molar-refractivity contribution in [1.82, 2.24) is 0 Å². The normalized spacial score (nSPS) is 45.8. The maximum Gasteiger partial charge on any atom is 0.308 e. The van der Waals surface area contributed by atoms with Gasteiger partial charge in [-0.2, -0.15) is 0 Å². The van der Waals surface area contributed by atoms with Crippen LogP contribution in [-0.2, 0) is 14.3 Å². The summed E-state index contributed by atoms with van der Waals surface area (Å²) >= 11 is 0. The Bertz CT molecular complexity index is 595. The molecule has 1 aliphatic heterocycles. The highest BCUT2D eigenvalue weighted by molar-refractivity contribution is 5.70. The molecule has 4 nitrogen and oxygen atoms in total. The van der Waals surface area contributed by atoms with Crippen LogP contribution in [0.25, 0.3) is 0 Å². The molecule has 3 rings (SSSR count). The molecule has 0 aromatic rings. The average molecular weight is 350 g/mol. The first-order chi connectivity index (χ1) is 11.5. The van der Waals surface area contributed by atoms with Crippen molar-refractivity contribution in [1.29, 1.82) is 0 Å². The van der Waals surface area contributed by atoms with E-state index in [2.05, 4.69) is 27.7 Å². The molecule has 0 bridgehead atoms. The molecule has 142 valence electrons. The van der Waals surface area contributed by atoms with Gasteiger partial charge in [0, 0.05) is 11.3 Å². The number of esters is 1. The first-order valence-electron chi connectivity index (χ1n) is 9.64. The number of ether oxygens (including phenoxy) is 2. The third-order valence-electron chi connectivity index (χ3n) is 7.54. The van der Waals surface area contributed by atoms with Crippen molar-refractivity contribution in [2.45, 2.75) is 90.4 Å². The van der Waals surface area contributed by atoms with Crippen LogP contribution in [0.1, 0.15) is 73.1 Å². The number of aliphatic hydroxyl groups excluding tert-OH is 1. The lowest BCUT2D eigenvalue weighted by Gasteiger charge is -2.62. The maximum absolute atomic E-state index is 11.9. The first-order valence-corrected chi connectivity index (χ1v) is 9.64.